The molecule has 1 atom stereocenters. The minimum atomic E-state index is 0.697. The minimum absolute atomic E-state index is 0.697. The normalized spacial score (nSPS) is 18.6. The summed E-state index contributed by atoms with van der Waals surface area (Å²) in [6, 6.07) is 9.18. The van der Waals surface area contributed by atoms with Gasteiger partial charge < -0.3 is 10.2 Å². The maximum absolute atomic E-state index is 9.94. The van der Waals surface area contributed by atoms with Crippen LogP contribution >= 0.6 is 0 Å². The SMILES string of the molecule is CN1CCCC1CCNC=O.Cc1ccc(C)cc1. The summed E-state index contributed by atoms with van der Waals surface area (Å²) in [5.74, 6) is 0. The van der Waals surface area contributed by atoms with Crippen LogP contribution < -0.4 is 5.32 Å². The van der Waals surface area contributed by atoms with Gasteiger partial charge in [-0.25, -0.2) is 0 Å². The number of likely N-dealkylation sites (tertiary alicyclic amines) is 1. The lowest BCUT2D eigenvalue weighted by molar-refractivity contribution is -0.109. The zero-order chi connectivity index (χ0) is 14.1. The van der Waals surface area contributed by atoms with Gasteiger partial charge in [0.2, 0.25) is 6.41 Å². The van der Waals surface area contributed by atoms with Crippen LogP contribution in [0.25, 0.3) is 0 Å². The topological polar surface area (TPSA) is 32.3 Å². The summed E-state index contributed by atoms with van der Waals surface area (Å²) in [7, 11) is 2.15. The Morgan fingerprint density at radius 2 is 1.84 bits per heavy atom. The molecule has 0 aliphatic carbocycles. The molecule has 1 heterocycles. The van der Waals surface area contributed by atoms with Crippen LogP contribution in [0.2, 0.25) is 0 Å². The number of nitrogens with zero attached hydrogens (tertiary/aromatic N) is 1. The molecule has 0 bridgehead atoms. The molecule has 1 fully saturated rings. The predicted molar refractivity (Wildman–Crippen MR) is 80.3 cm³/mol. The second kappa shape index (κ2) is 8.70. The Morgan fingerprint density at radius 1 is 1.26 bits per heavy atom. The Labute approximate surface area is 117 Å². The van der Waals surface area contributed by atoms with Gasteiger partial charge in [0.1, 0.15) is 0 Å². The van der Waals surface area contributed by atoms with E-state index in [0.29, 0.717) is 6.04 Å². The Morgan fingerprint density at radius 3 is 2.26 bits per heavy atom. The number of rotatable bonds is 4. The largest absolute Gasteiger partial charge is 0.359 e. The Kier molecular flexibility index (Phi) is 7.19. The van der Waals surface area contributed by atoms with Gasteiger partial charge in [0, 0.05) is 12.6 Å². The highest BCUT2D eigenvalue weighted by atomic mass is 16.1. The van der Waals surface area contributed by atoms with Crippen LogP contribution in [0.4, 0.5) is 0 Å². The van der Waals surface area contributed by atoms with Crippen LogP contribution in [-0.4, -0.2) is 37.5 Å². The fourth-order valence-corrected chi connectivity index (χ4v) is 2.29. The molecule has 0 aromatic heterocycles. The van der Waals surface area contributed by atoms with Crippen molar-refractivity contribution in [2.24, 2.45) is 0 Å². The average Bonchev–Trinajstić information content (AvgIpc) is 2.80. The number of carbonyl (C=O) groups excluding carboxylic acids is 1. The predicted octanol–water partition coefficient (Wildman–Crippen LogP) is 2.52. The molecule has 3 heteroatoms. The van der Waals surface area contributed by atoms with E-state index in [1.807, 2.05) is 0 Å². The van der Waals surface area contributed by atoms with Gasteiger partial charge in [-0.1, -0.05) is 35.4 Å². The van der Waals surface area contributed by atoms with Crippen molar-refractivity contribution in [1.82, 2.24) is 10.2 Å². The fourth-order valence-electron chi connectivity index (χ4n) is 2.29. The maximum Gasteiger partial charge on any atom is 0.207 e. The summed E-state index contributed by atoms with van der Waals surface area (Å²) in [5, 5.41) is 2.69. The second-order valence-corrected chi connectivity index (χ2v) is 5.29. The smallest absolute Gasteiger partial charge is 0.207 e. The number of hydrogen-bond donors (Lipinski definition) is 1. The first-order chi connectivity index (χ1) is 9.13. The van der Waals surface area contributed by atoms with E-state index in [2.05, 4.69) is 55.4 Å². The molecule has 106 valence electrons. The number of carbonyl (C=O) groups is 1. The summed E-state index contributed by atoms with van der Waals surface area (Å²) in [6.45, 7) is 6.23. The third kappa shape index (κ3) is 6.39. The molecular weight excluding hydrogens is 236 g/mol. The van der Waals surface area contributed by atoms with E-state index in [0.717, 1.165) is 19.4 Å². The molecule has 19 heavy (non-hydrogen) atoms. The first kappa shape index (κ1) is 15.7. The van der Waals surface area contributed by atoms with Gasteiger partial charge in [0.15, 0.2) is 0 Å². The van der Waals surface area contributed by atoms with Crippen molar-refractivity contribution in [2.45, 2.75) is 39.2 Å². The van der Waals surface area contributed by atoms with Gasteiger partial charge in [-0.15, -0.1) is 0 Å². The van der Waals surface area contributed by atoms with Gasteiger partial charge in [-0.3, -0.25) is 4.79 Å². The first-order valence-corrected chi connectivity index (χ1v) is 7.04. The molecule has 2 rings (SSSR count). The van der Waals surface area contributed by atoms with Crippen molar-refractivity contribution in [1.29, 1.82) is 0 Å². The molecule has 1 aromatic rings. The van der Waals surface area contributed by atoms with E-state index in [4.69, 9.17) is 0 Å². The minimum Gasteiger partial charge on any atom is -0.359 e. The Balaban J connectivity index is 0.000000200. The van der Waals surface area contributed by atoms with Gasteiger partial charge in [0.25, 0.3) is 0 Å². The third-order valence-corrected chi connectivity index (χ3v) is 3.59. The standard InChI is InChI=1S/C8H16N2O.C8H10/c1-10-6-2-3-8(10)4-5-9-7-11;1-7-3-5-8(2)6-4-7/h7-8H,2-6H2,1H3,(H,9,11);3-6H,1-2H3. The molecule has 3 nitrogen and oxygen atoms in total. The molecule has 0 saturated carbocycles. The number of amides is 1. The van der Waals surface area contributed by atoms with Gasteiger partial charge in [-0.05, 0) is 46.7 Å². The van der Waals surface area contributed by atoms with Crippen LogP contribution in [0.15, 0.2) is 24.3 Å². The molecular formula is C16H26N2O. The summed E-state index contributed by atoms with van der Waals surface area (Å²) in [6.07, 6.45) is 4.46. The number of benzene rings is 1. The van der Waals surface area contributed by atoms with Crippen molar-refractivity contribution in [3.8, 4) is 0 Å². The molecule has 1 N–H and O–H groups in total. The van der Waals surface area contributed by atoms with E-state index in [9.17, 15) is 4.79 Å². The zero-order valence-corrected chi connectivity index (χ0v) is 12.4. The Hall–Kier alpha value is -1.35. The number of nitrogens with one attached hydrogen (secondary N) is 1. The van der Waals surface area contributed by atoms with Gasteiger partial charge in [0.05, 0.1) is 0 Å². The second-order valence-electron chi connectivity index (χ2n) is 5.29. The van der Waals surface area contributed by atoms with Crippen LogP contribution in [0, 0.1) is 13.8 Å². The quantitative estimate of drug-likeness (QED) is 0.668. The average molecular weight is 262 g/mol. The van der Waals surface area contributed by atoms with E-state index < -0.39 is 0 Å². The molecule has 0 spiro atoms. The van der Waals surface area contributed by atoms with E-state index in [-0.39, 0.29) is 0 Å². The van der Waals surface area contributed by atoms with Crippen molar-refractivity contribution in [3.05, 3.63) is 35.4 Å². The van der Waals surface area contributed by atoms with E-state index in [1.54, 1.807) is 0 Å². The number of hydrogen-bond acceptors (Lipinski definition) is 2. The molecule has 1 amide bonds. The maximum atomic E-state index is 9.94. The van der Waals surface area contributed by atoms with Crippen molar-refractivity contribution in [3.63, 3.8) is 0 Å². The molecule has 1 unspecified atom stereocenters. The molecule has 1 saturated heterocycles. The van der Waals surface area contributed by atoms with Crippen LogP contribution in [0.3, 0.4) is 0 Å². The van der Waals surface area contributed by atoms with Gasteiger partial charge >= 0.3 is 0 Å². The van der Waals surface area contributed by atoms with Gasteiger partial charge in [-0.2, -0.15) is 0 Å². The lowest BCUT2D eigenvalue weighted by Crippen LogP contribution is -2.28. The summed E-state index contributed by atoms with van der Waals surface area (Å²) < 4.78 is 0. The fraction of sp³-hybridized carbons (Fsp3) is 0.562. The van der Waals surface area contributed by atoms with E-state index in [1.165, 1.54) is 30.5 Å². The number of aryl methyl sites for hydroxylation is 2. The summed E-state index contributed by atoms with van der Waals surface area (Å²) in [5.41, 5.74) is 2.66. The van der Waals surface area contributed by atoms with Crippen molar-refractivity contribution >= 4 is 6.41 Å². The molecule has 1 aliphatic rings. The molecule has 0 radical (unpaired) electrons. The summed E-state index contributed by atoms with van der Waals surface area (Å²) >= 11 is 0. The van der Waals surface area contributed by atoms with Crippen LogP contribution in [-0.2, 0) is 4.79 Å². The van der Waals surface area contributed by atoms with E-state index >= 15 is 0 Å². The Bertz CT molecular complexity index is 341. The lowest BCUT2D eigenvalue weighted by Gasteiger charge is -2.18. The molecule has 1 aromatic carbocycles. The highest BCUT2D eigenvalue weighted by Gasteiger charge is 2.19. The first-order valence-electron chi connectivity index (χ1n) is 7.04. The van der Waals surface area contributed by atoms with Crippen molar-refractivity contribution < 1.29 is 4.79 Å². The van der Waals surface area contributed by atoms with Crippen molar-refractivity contribution in [2.75, 3.05) is 20.1 Å². The zero-order valence-electron chi connectivity index (χ0n) is 12.4. The molecule has 1 aliphatic heterocycles. The highest BCUT2D eigenvalue weighted by molar-refractivity contribution is 5.45. The third-order valence-electron chi connectivity index (χ3n) is 3.59. The highest BCUT2D eigenvalue weighted by Crippen LogP contribution is 2.16. The van der Waals surface area contributed by atoms with Crippen LogP contribution in [0.1, 0.15) is 30.4 Å². The lowest BCUT2D eigenvalue weighted by atomic mass is 10.1. The summed E-state index contributed by atoms with van der Waals surface area (Å²) in [4.78, 5) is 12.3. The monoisotopic (exact) mass is 262 g/mol. The van der Waals surface area contributed by atoms with Crippen LogP contribution in [0.5, 0.6) is 0 Å².